The van der Waals surface area contributed by atoms with Crippen LogP contribution in [0.4, 0.5) is 0 Å². The van der Waals surface area contributed by atoms with Gasteiger partial charge in [0.25, 0.3) is 0 Å². The highest BCUT2D eigenvalue weighted by atomic mass is 79.9. The Kier molecular flexibility index (Phi) is 4.54. The number of benzene rings is 1. The number of halogens is 1. The Morgan fingerprint density at radius 1 is 1.59 bits per heavy atom. The number of ether oxygens (including phenoxy) is 1. The zero-order valence-corrected chi connectivity index (χ0v) is 11.7. The molecule has 0 saturated heterocycles. The second kappa shape index (κ2) is 5.51. The third-order valence-corrected chi connectivity index (χ3v) is 3.48. The summed E-state index contributed by atoms with van der Waals surface area (Å²) in [5.41, 5.74) is 8.11. The molecule has 0 aliphatic rings. The molecule has 1 aromatic rings. The Labute approximate surface area is 109 Å². The van der Waals surface area contributed by atoms with Crippen LogP contribution < -0.4 is 10.5 Å². The molecule has 0 amide bonds. The van der Waals surface area contributed by atoms with E-state index in [0.717, 1.165) is 15.6 Å². The minimum Gasteiger partial charge on any atom is -0.495 e. The molecule has 0 fully saturated rings. The first-order valence-electron chi connectivity index (χ1n) is 5.20. The van der Waals surface area contributed by atoms with E-state index < -0.39 is 11.9 Å². The summed E-state index contributed by atoms with van der Waals surface area (Å²) in [6.45, 7) is 3.85. The Bertz CT molecular complexity index is 446. The van der Waals surface area contributed by atoms with Crippen molar-refractivity contribution in [3.63, 3.8) is 0 Å². The molecule has 0 heterocycles. The van der Waals surface area contributed by atoms with Gasteiger partial charge in [-0.25, -0.2) is 0 Å². The van der Waals surface area contributed by atoms with Crippen molar-refractivity contribution in [1.29, 1.82) is 0 Å². The van der Waals surface area contributed by atoms with E-state index in [9.17, 15) is 9.90 Å². The van der Waals surface area contributed by atoms with E-state index in [-0.39, 0.29) is 6.54 Å². The zero-order chi connectivity index (χ0) is 13.2. The van der Waals surface area contributed by atoms with E-state index in [0.29, 0.717) is 11.3 Å². The minimum atomic E-state index is -0.939. The molecule has 1 atom stereocenters. The van der Waals surface area contributed by atoms with Gasteiger partial charge in [-0.15, -0.1) is 0 Å². The summed E-state index contributed by atoms with van der Waals surface area (Å²) < 4.78 is 6.03. The highest BCUT2D eigenvalue weighted by Gasteiger charge is 2.26. The van der Waals surface area contributed by atoms with Crippen LogP contribution in [0.2, 0.25) is 0 Å². The number of rotatable bonds is 4. The molecule has 0 saturated carbocycles. The van der Waals surface area contributed by atoms with Crippen LogP contribution in [0.1, 0.15) is 22.6 Å². The second-order valence-electron chi connectivity index (χ2n) is 3.87. The molecule has 94 valence electrons. The Morgan fingerprint density at radius 3 is 2.59 bits per heavy atom. The topological polar surface area (TPSA) is 72.5 Å². The van der Waals surface area contributed by atoms with Crippen molar-refractivity contribution in [3.8, 4) is 5.75 Å². The monoisotopic (exact) mass is 301 g/mol. The smallest absolute Gasteiger partial charge is 0.312 e. The van der Waals surface area contributed by atoms with E-state index >= 15 is 0 Å². The fraction of sp³-hybridized carbons (Fsp3) is 0.417. The summed E-state index contributed by atoms with van der Waals surface area (Å²) in [5, 5.41) is 9.20. The van der Waals surface area contributed by atoms with Gasteiger partial charge < -0.3 is 15.6 Å². The lowest BCUT2D eigenvalue weighted by atomic mass is 9.91. The maximum Gasteiger partial charge on any atom is 0.312 e. The van der Waals surface area contributed by atoms with Crippen LogP contribution in [0.15, 0.2) is 10.5 Å². The predicted molar refractivity (Wildman–Crippen MR) is 69.6 cm³/mol. The summed E-state index contributed by atoms with van der Waals surface area (Å²) in [6.07, 6.45) is 0. The molecule has 0 aromatic heterocycles. The summed E-state index contributed by atoms with van der Waals surface area (Å²) in [4.78, 5) is 11.2. The molecular formula is C12H16BrNO3. The largest absolute Gasteiger partial charge is 0.495 e. The van der Waals surface area contributed by atoms with Gasteiger partial charge in [0.1, 0.15) is 5.75 Å². The van der Waals surface area contributed by atoms with Gasteiger partial charge >= 0.3 is 5.97 Å². The van der Waals surface area contributed by atoms with Crippen molar-refractivity contribution in [2.24, 2.45) is 5.73 Å². The quantitative estimate of drug-likeness (QED) is 0.894. The summed E-state index contributed by atoms with van der Waals surface area (Å²) in [5.74, 6) is -1.14. The van der Waals surface area contributed by atoms with Crippen molar-refractivity contribution in [3.05, 3.63) is 27.2 Å². The zero-order valence-electron chi connectivity index (χ0n) is 10.1. The highest BCUT2D eigenvalue weighted by molar-refractivity contribution is 9.10. The molecule has 1 aromatic carbocycles. The number of carbonyl (C=O) groups is 1. The molecule has 0 radical (unpaired) electrons. The number of nitrogens with two attached hydrogens (primary N) is 1. The highest BCUT2D eigenvalue weighted by Crippen LogP contribution is 2.38. The minimum absolute atomic E-state index is 0.0441. The van der Waals surface area contributed by atoms with Gasteiger partial charge in [-0.2, -0.15) is 0 Å². The first kappa shape index (κ1) is 14.0. The lowest BCUT2D eigenvalue weighted by Crippen LogP contribution is -2.23. The van der Waals surface area contributed by atoms with Crippen molar-refractivity contribution in [1.82, 2.24) is 0 Å². The Balaban J connectivity index is 3.53. The van der Waals surface area contributed by atoms with Crippen LogP contribution in [-0.2, 0) is 4.79 Å². The lowest BCUT2D eigenvalue weighted by Gasteiger charge is -2.20. The molecule has 4 nitrogen and oxygen atoms in total. The number of carboxylic acid groups (broad SMARTS) is 1. The second-order valence-corrected chi connectivity index (χ2v) is 4.73. The molecule has 5 heteroatoms. The molecule has 1 unspecified atom stereocenters. The molecule has 0 aliphatic heterocycles. The fourth-order valence-corrected chi connectivity index (χ4v) is 2.56. The van der Waals surface area contributed by atoms with Gasteiger partial charge in [0.2, 0.25) is 0 Å². The van der Waals surface area contributed by atoms with Gasteiger partial charge in [-0.1, -0.05) is 0 Å². The third kappa shape index (κ3) is 2.61. The van der Waals surface area contributed by atoms with Crippen LogP contribution in [-0.4, -0.2) is 24.7 Å². The van der Waals surface area contributed by atoms with Crippen LogP contribution in [0, 0.1) is 13.8 Å². The van der Waals surface area contributed by atoms with Gasteiger partial charge in [0, 0.05) is 12.1 Å². The number of aliphatic carboxylic acids is 1. The molecule has 17 heavy (non-hydrogen) atoms. The maximum absolute atomic E-state index is 11.2. The molecule has 0 bridgehead atoms. The number of aryl methyl sites for hydroxylation is 1. The molecule has 0 spiro atoms. The van der Waals surface area contributed by atoms with Crippen LogP contribution in [0.5, 0.6) is 5.75 Å². The molecule has 1 rings (SSSR count). The van der Waals surface area contributed by atoms with Crippen molar-refractivity contribution in [2.45, 2.75) is 19.8 Å². The van der Waals surface area contributed by atoms with Gasteiger partial charge in [0.05, 0.1) is 17.5 Å². The average molecular weight is 302 g/mol. The van der Waals surface area contributed by atoms with Crippen LogP contribution >= 0.6 is 15.9 Å². The van der Waals surface area contributed by atoms with Crippen LogP contribution in [0.3, 0.4) is 0 Å². The van der Waals surface area contributed by atoms with E-state index in [1.807, 2.05) is 19.9 Å². The Morgan fingerprint density at radius 2 is 2.18 bits per heavy atom. The number of hydrogen-bond donors (Lipinski definition) is 2. The maximum atomic E-state index is 11.2. The Hall–Kier alpha value is -1.07. The normalized spacial score (nSPS) is 12.3. The van der Waals surface area contributed by atoms with Crippen LogP contribution in [0.25, 0.3) is 0 Å². The van der Waals surface area contributed by atoms with Gasteiger partial charge in [0.15, 0.2) is 0 Å². The third-order valence-electron chi connectivity index (χ3n) is 2.89. The van der Waals surface area contributed by atoms with E-state index in [4.69, 9.17) is 10.5 Å². The summed E-state index contributed by atoms with van der Waals surface area (Å²) in [7, 11) is 1.52. The number of hydrogen-bond acceptors (Lipinski definition) is 3. The fourth-order valence-electron chi connectivity index (χ4n) is 1.84. The SMILES string of the molecule is COc1c(Br)cc(C)c(C)c1C(CN)C(=O)O. The number of carboxylic acids is 1. The van der Waals surface area contributed by atoms with Gasteiger partial charge in [-0.05, 0) is 47.0 Å². The van der Waals surface area contributed by atoms with Crippen molar-refractivity contribution in [2.75, 3.05) is 13.7 Å². The first-order valence-corrected chi connectivity index (χ1v) is 5.99. The van der Waals surface area contributed by atoms with E-state index in [1.165, 1.54) is 7.11 Å². The lowest BCUT2D eigenvalue weighted by molar-refractivity contribution is -0.138. The van der Waals surface area contributed by atoms with E-state index in [2.05, 4.69) is 15.9 Å². The molecule has 3 N–H and O–H groups in total. The molecule has 0 aliphatic carbocycles. The summed E-state index contributed by atoms with van der Waals surface area (Å²) >= 11 is 3.38. The van der Waals surface area contributed by atoms with Crippen molar-refractivity contribution < 1.29 is 14.6 Å². The molecular weight excluding hydrogens is 286 g/mol. The summed E-state index contributed by atoms with van der Waals surface area (Å²) in [6, 6.07) is 1.91. The van der Waals surface area contributed by atoms with Gasteiger partial charge in [-0.3, -0.25) is 4.79 Å². The number of methoxy groups -OCH3 is 1. The average Bonchev–Trinajstić information content (AvgIpc) is 2.25. The predicted octanol–water partition coefficient (Wildman–Crippen LogP) is 2.20. The standard InChI is InChI=1S/C12H16BrNO3/c1-6-4-9(13)11(17-3)10(7(6)2)8(5-14)12(15)16/h4,8H,5,14H2,1-3H3,(H,15,16). The van der Waals surface area contributed by atoms with E-state index in [1.54, 1.807) is 0 Å². The first-order chi connectivity index (χ1) is 7.93. The van der Waals surface area contributed by atoms with Crippen molar-refractivity contribution >= 4 is 21.9 Å².